The van der Waals surface area contributed by atoms with E-state index in [-0.39, 0.29) is 11.9 Å². The Balaban J connectivity index is 1.60. The van der Waals surface area contributed by atoms with Crippen LogP contribution in [0.2, 0.25) is 5.02 Å². The molecule has 2 aromatic rings. The van der Waals surface area contributed by atoms with Gasteiger partial charge in [0.1, 0.15) is 16.7 Å². The van der Waals surface area contributed by atoms with Gasteiger partial charge in [0, 0.05) is 10.7 Å². The number of carbonyl (C=O) groups is 2. The first kappa shape index (κ1) is 18.8. The lowest BCUT2D eigenvalue weighted by atomic mass is 10.1. The molecule has 0 atom stereocenters. The SMILES string of the molecule is O=C1NC(=S)S/C1=C\c1ccc2c(c1)N(C(=O)Nc1ccc(Cl)cc1)CCO2. The summed E-state index contributed by atoms with van der Waals surface area (Å²) in [4.78, 5) is 26.8. The van der Waals surface area contributed by atoms with E-state index < -0.39 is 0 Å². The molecule has 0 spiro atoms. The molecule has 0 radical (unpaired) electrons. The second kappa shape index (κ2) is 7.83. The molecular formula is C19H14ClN3O3S2. The standard InChI is InChI=1S/C19H14ClN3O3S2/c20-12-2-4-13(5-3-12)21-18(25)23-7-8-26-15-6-1-11(9-14(15)23)10-16-17(24)22-19(27)28-16/h1-6,9-10H,7-8H2,(H,21,25)(H,22,24,27)/b16-10-. The first-order valence-corrected chi connectivity index (χ1v) is 9.96. The summed E-state index contributed by atoms with van der Waals surface area (Å²) in [6.07, 6.45) is 1.74. The van der Waals surface area contributed by atoms with Gasteiger partial charge in [-0.05, 0) is 48.0 Å². The van der Waals surface area contributed by atoms with Crippen LogP contribution < -0.4 is 20.3 Å². The lowest BCUT2D eigenvalue weighted by Gasteiger charge is -2.30. The predicted octanol–water partition coefficient (Wildman–Crippen LogP) is 4.26. The molecule has 142 valence electrons. The molecule has 1 saturated heterocycles. The van der Waals surface area contributed by atoms with Crippen molar-refractivity contribution < 1.29 is 14.3 Å². The molecule has 6 nitrogen and oxygen atoms in total. The maximum absolute atomic E-state index is 12.8. The predicted molar refractivity (Wildman–Crippen MR) is 116 cm³/mol. The summed E-state index contributed by atoms with van der Waals surface area (Å²) in [6, 6.07) is 12.1. The third kappa shape index (κ3) is 3.99. The van der Waals surface area contributed by atoms with Crippen molar-refractivity contribution in [3.8, 4) is 5.75 Å². The Morgan fingerprint density at radius 3 is 2.79 bits per heavy atom. The Kier molecular flexibility index (Phi) is 5.25. The van der Waals surface area contributed by atoms with Crippen molar-refractivity contribution in [2.24, 2.45) is 0 Å². The molecule has 0 aromatic heterocycles. The van der Waals surface area contributed by atoms with Crippen molar-refractivity contribution in [1.82, 2.24) is 5.32 Å². The fourth-order valence-electron chi connectivity index (χ4n) is 2.83. The monoisotopic (exact) mass is 431 g/mol. The van der Waals surface area contributed by atoms with Gasteiger partial charge < -0.3 is 15.4 Å². The minimum absolute atomic E-state index is 0.221. The molecule has 0 aliphatic carbocycles. The Bertz CT molecular complexity index is 1010. The normalized spacial score (nSPS) is 17.2. The van der Waals surface area contributed by atoms with Gasteiger partial charge in [-0.3, -0.25) is 9.69 Å². The number of benzene rings is 2. The minimum atomic E-state index is -0.272. The summed E-state index contributed by atoms with van der Waals surface area (Å²) in [5, 5.41) is 6.04. The molecule has 9 heteroatoms. The largest absolute Gasteiger partial charge is 0.490 e. The average Bonchev–Trinajstić information content (AvgIpc) is 3.00. The van der Waals surface area contributed by atoms with Crippen molar-refractivity contribution in [3.05, 3.63) is 58.0 Å². The number of hydrogen-bond donors (Lipinski definition) is 2. The molecule has 0 unspecified atom stereocenters. The summed E-state index contributed by atoms with van der Waals surface area (Å²) >= 11 is 12.1. The van der Waals surface area contributed by atoms with Crippen LogP contribution in [0.1, 0.15) is 5.56 Å². The molecule has 1 fully saturated rings. The van der Waals surface area contributed by atoms with Crippen molar-refractivity contribution in [3.63, 3.8) is 0 Å². The number of nitrogens with one attached hydrogen (secondary N) is 2. The molecule has 2 aromatic carbocycles. The van der Waals surface area contributed by atoms with Crippen LogP contribution in [-0.2, 0) is 4.79 Å². The van der Waals surface area contributed by atoms with Crippen molar-refractivity contribution in [2.45, 2.75) is 0 Å². The minimum Gasteiger partial charge on any atom is -0.490 e. The lowest BCUT2D eigenvalue weighted by Crippen LogP contribution is -2.40. The van der Waals surface area contributed by atoms with Gasteiger partial charge in [0.2, 0.25) is 0 Å². The first-order chi connectivity index (χ1) is 13.5. The van der Waals surface area contributed by atoms with Crippen LogP contribution in [0, 0.1) is 0 Å². The highest BCUT2D eigenvalue weighted by atomic mass is 35.5. The van der Waals surface area contributed by atoms with E-state index in [1.54, 1.807) is 41.3 Å². The lowest BCUT2D eigenvalue weighted by molar-refractivity contribution is -0.115. The maximum Gasteiger partial charge on any atom is 0.326 e. The molecule has 0 bridgehead atoms. The van der Waals surface area contributed by atoms with Crippen molar-refractivity contribution >= 4 is 69.3 Å². The van der Waals surface area contributed by atoms with E-state index in [0.717, 1.165) is 5.56 Å². The summed E-state index contributed by atoms with van der Waals surface area (Å²) < 4.78 is 6.10. The molecule has 2 aliphatic heterocycles. The fourth-order valence-corrected chi connectivity index (χ4v) is 4.00. The van der Waals surface area contributed by atoms with Gasteiger partial charge >= 0.3 is 6.03 Å². The zero-order valence-corrected chi connectivity index (χ0v) is 16.8. The quantitative estimate of drug-likeness (QED) is 0.549. The third-order valence-corrected chi connectivity index (χ3v) is 5.54. The molecule has 2 N–H and O–H groups in total. The van der Waals surface area contributed by atoms with Crippen LogP contribution in [0.25, 0.3) is 6.08 Å². The number of thioether (sulfide) groups is 1. The van der Waals surface area contributed by atoms with Gasteiger partial charge in [-0.25, -0.2) is 4.79 Å². The smallest absolute Gasteiger partial charge is 0.326 e. The first-order valence-electron chi connectivity index (χ1n) is 8.35. The molecule has 2 aliphatic rings. The summed E-state index contributed by atoms with van der Waals surface area (Å²) in [5.74, 6) is 0.389. The number of halogens is 1. The van der Waals surface area contributed by atoms with E-state index in [9.17, 15) is 9.59 Å². The second-order valence-corrected chi connectivity index (χ2v) is 8.17. The second-order valence-electron chi connectivity index (χ2n) is 6.02. The topological polar surface area (TPSA) is 70.7 Å². The van der Waals surface area contributed by atoms with E-state index >= 15 is 0 Å². The Morgan fingerprint density at radius 2 is 2.07 bits per heavy atom. The zero-order valence-electron chi connectivity index (χ0n) is 14.4. The van der Waals surface area contributed by atoms with Crippen LogP contribution in [0.3, 0.4) is 0 Å². The van der Waals surface area contributed by atoms with E-state index in [0.29, 0.717) is 44.5 Å². The number of thiocarbonyl (C=S) groups is 1. The molecule has 2 heterocycles. The summed E-state index contributed by atoms with van der Waals surface area (Å²) in [6.45, 7) is 0.805. The van der Waals surface area contributed by atoms with Gasteiger partial charge in [0.05, 0.1) is 17.1 Å². The highest BCUT2D eigenvalue weighted by Gasteiger charge is 2.25. The number of hydrogen-bond acceptors (Lipinski definition) is 5. The number of rotatable bonds is 2. The van der Waals surface area contributed by atoms with Crippen LogP contribution in [0.5, 0.6) is 5.75 Å². The average molecular weight is 432 g/mol. The number of nitrogens with zero attached hydrogens (tertiary/aromatic N) is 1. The van der Waals surface area contributed by atoms with E-state index in [2.05, 4.69) is 10.6 Å². The van der Waals surface area contributed by atoms with Crippen LogP contribution in [0.4, 0.5) is 16.2 Å². The van der Waals surface area contributed by atoms with E-state index in [1.807, 2.05) is 12.1 Å². The Morgan fingerprint density at radius 1 is 1.29 bits per heavy atom. The molecule has 28 heavy (non-hydrogen) atoms. The van der Waals surface area contributed by atoms with Gasteiger partial charge in [0.25, 0.3) is 5.91 Å². The van der Waals surface area contributed by atoms with Crippen LogP contribution >= 0.6 is 35.6 Å². The zero-order chi connectivity index (χ0) is 19.7. The fraction of sp³-hybridized carbons (Fsp3) is 0.105. The molecule has 4 rings (SSSR count). The van der Waals surface area contributed by atoms with Crippen LogP contribution in [-0.4, -0.2) is 29.4 Å². The van der Waals surface area contributed by atoms with Gasteiger partial charge in [-0.15, -0.1) is 0 Å². The van der Waals surface area contributed by atoms with E-state index in [1.165, 1.54) is 11.8 Å². The molecule has 3 amide bonds. The van der Waals surface area contributed by atoms with E-state index in [4.69, 9.17) is 28.6 Å². The van der Waals surface area contributed by atoms with Crippen molar-refractivity contribution in [1.29, 1.82) is 0 Å². The number of ether oxygens (including phenoxy) is 1. The third-order valence-electron chi connectivity index (χ3n) is 4.13. The maximum atomic E-state index is 12.8. The van der Waals surface area contributed by atoms with Gasteiger partial charge in [-0.2, -0.15) is 0 Å². The molecular weight excluding hydrogens is 418 g/mol. The number of urea groups is 1. The van der Waals surface area contributed by atoms with Crippen LogP contribution in [0.15, 0.2) is 47.4 Å². The summed E-state index contributed by atoms with van der Waals surface area (Å²) in [7, 11) is 0. The number of carbonyl (C=O) groups excluding carboxylic acids is 2. The Labute approximate surface area is 175 Å². The van der Waals surface area contributed by atoms with Gasteiger partial charge in [0.15, 0.2) is 0 Å². The summed E-state index contributed by atoms with van der Waals surface area (Å²) in [5.41, 5.74) is 2.06. The van der Waals surface area contributed by atoms with Gasteiger partial charge in [-0.1, -0.05) is 41.6 Å². The number of anilines is 2. The number of fused-ring (bicyclic) bond motifs is 1. The molecule has 0 saturated carbocycles. The highest BCUT2D eigenvalue weighted by Crippen LogP contribution is 2.35. The van der Waals surface area contributed by atoms with Crippen molar-refractivity contribution in [2.75, 3.05) is 23.4 Å². The Hall–Kier alpha value is -2.55. The highest BCUT2D eigenvalue weighted by molar-refractivity contribution is 8.26. The number of amides is 3.